The van der Waals surface area contributed by atoms with Crippen LogP contribution in [0.25, 0.3) is 11.3 Å². The molecule has 5 aromatic rings. The molecule has 1 heterocycles. The number of amides is 3. The molecule has 94 heavy (non-hydrogen) atoms. The number of carbonyl (C=O) groups excluding carboxylic acids is 3. The number of aromatic nitrogens is 1. The largest absolute Gasteiger partial charge is 0.416 e. The van der Waals surface area contributed by atoms with Crippen LogP contribution in [-0.4, -0.2) is 216 Å². The van der Waals surface area contributed by atoms with Gasteiger partial charge in [0, 0.05) is 87.8 Å². The minimum absolute atomic E-state index is 0.00160. The molecule has 0 aliphatic carbocycles. The van der Waals surface area contributed by atoms with E-state index in [1.807, 2.05) is 44.2 Å². The summed E-state index contributed by atoms with van der Waals surface area (Å²) in [6.07, 6.45) is -1.19. The van der Waals surface area contributed by atoms with Gasteiger partial charge in [0.1, 0.15) is 0 Å². The van der Waals surface area contributed by atoms with Crippen molar-refractivity contribution in [3.05, 3.63) is 143 Å². The van der Waals surface area contributed by atoms with Crippen molar-refractivity contribution in [1.82, 2.24) is 20.3 Å². The van der Waals surface area contributed by atoms with Crippen molar-refractivity contribution in [1.29, 1.82) is 0 Å². The van der Waals surface area contributed by atoms with Crippen molar-refractivity contribution in [2.24, 2.45) is 0 Å². The fourth-order valence-electron chi connectivity index (χ4n) is 9.06. The Morgan fingerprint density at radius 1 is 0.543 bits per heavy atom. The third-order valence-corrected chi connectivity index (χ3v) is 15.5. The highest BCUT2D eigenvalue weighted by Gasteiger charge is 2.30. The number of hydrogen-bond acceptors (Lipinski definition) is 19. The van der Waals surface area contributed by atoms with Crippen LogP contribution in [0, 0.1) is 0 Å². The fourth-order valence-corrected chi connectivity index (χ4v) is 10.1. The molecule has 0 fully saturated rings. The number of ether oxygens (including phenoxy) is 12. The third kappa shape index (κ3) is 30.9. The molecular weight excluding hydrogens is 1250 g/mol. The van der Waals surface area contributed by atoms with E-state index in [0.717, 1.165) is 36.5 Å². The Kier molecular flexibility index (Phi) is 38.1. The Morgan fingerprint density at radius 2 is 1.09 bits per heavy atom. The SMILES string of the molecule is CCN(CC)c1ccc(NC(=O)c2cccc(CCCOCCOCCOCCOCCNS(=O)(=O)c3ccc(C(=O)NC(CCOCCOCCOCCOCCOCCOCCOC)COC)cc3)c2)c(-c2cc(C(=O)NCc3cccc(C(F)(F)F)c3)ccn2)c1. The van der Waals surface area contributed by atoms with Gasteiger partial charge in [-0.05, 0) is 123 Å². The summed E-state index contributed by atoms with van der Waals surface area (Å²) < 4.78 is 134. The first-order valence-corrected chi connectivity index (χ1v) is 33.0. The number of hydrogen-bond donors (Lipinski definition) is 4. The van der Waals surface area contributed by atoms with Gasteiger partial charge in [-0.3, -0.25) is 19.4 Å². The molecule has 0 aliphatic rings. The number of nitrogens with one attached hydrogen (secondary N) is 4. The van der Waals surface area contributed by atoms with Crippen molar-refractivity contribution in [3.63, 3.8) is 0 Å². The molecule has 4 N–H and O–H groups in total. The number of nitrogens with zero attached hydrogens (tertiary/aromatic N) is 2. The molecule has 0 spiro atoms. The van der Waals surface area contributed by atoms with Crippen molar-refractivity contribution in [2.45, 2.75) is 56.8 Å². The minimum atomic E-state index is -4.51. The highest BCUT2D eigenvalue weighted by Crippen LogP contribution is 2.33. The third-order valence-electron chi connectivity index (χ3n) is 14.0. The van der Waals surface area contributed by atoms with Gasteiger partial charge in [-0.2, -0.15) is 13.2 Å². The fraction of sp³-hybridized carbons (Fsp3) is 0.522. The number of pyridine rings is 1. The average Bonchev–Trinajstić information content (AvgIpc) is 0.857. The van der Waals surface area contributed by atoms with Crippen molar-refractivity contribution < 1.29 is 92.8 Å². The molecule has 1 atom stereocenters. The maximum Gasteiger partial charge on any atom is 0.416 e. The normalized spacial score (nSPS) is 12.0. The minimum Gasteiger partial charge on any atom is -0.383 e. The summed E-state index contributed by atoms with van der Waals surface area (Å²) in [6, 6.07) is 26.1. The van der Waals surface area contributed by atoms with Gasteiger partial charge in [-0.25, -0.2) is 13.1 Å². The maximum atomic E-state index is 13.8. The van der Waals surface area contributed by atoms with Crippen LogP contribution in [0.15, 0.2) is 114 Å². The molecule has 27 heteroatoms. The van der Waals surface area contributed by atoms with Crippen LogP contribution in [-0.2, 0) is 86.0 Å². The lowest BCUT2D eigenvalue weighted by Crippen LogP contribution is -2.39. The molecule has 4 aromatic carbocycles. The zero-order valence-corrected chi connectivity index (χ0v) is 55.2. The first kappa shape index (κ1) is 78.2. The van der Waals surface area contributed by atoms with Crippen molar-refractivity contribution >= 4 is 39.1 Å². The predicted molar refractivity (Wildman–Crippen MR) is 348 cm³/mol. The van der Waals surface area contributed by atoms with Crippen LogP contribution in [0.3, 0.4) is 0 Å². The molecule has 0 radical (unpaired) electrons. The van der Waals surface area contributed by atoms with Gasteiger partial charge in [-0.15, -0.1) is 0 Å². The highest BCUT2D eigenvalue weighted by atomic mass is 32.2. The number of halogens is 3. The number of anilines is 2. The van der Waals surface area contributed by atoms with Crippen LogP contribution >= 0.6 is 0 Å². The molecule has 0 bridgehead atoms. The van der Waals surface area contributed by atoms with E-state index >= 15 is 0 Å². The molecule has 520 valence electrons. The molecule has 0 aliphatic heterocycles. The topological polar surface area (TPSA) is 260 Å². The van der Waals surface area contributed by atoms with E-state index in [-0.39, 0.29) is 73.4 Å². The number of alkyl halides is 3. The Hall–Kier alpha value is -6.54. The lowest BCUT2D eigenvalue weighted by atomic mass is 10.0. The Labute approximate surface area is 550 Å². The summed E-state index contributed by atoms with van der Waals surface area (Å²) in [7, 11) is -0.700. The van der Waals surface area contributed by atoms with E-state index in [9.17, 15) is 36.0 Å². The summed E-state index contributed by atoms with van der Waals surface area (Å²) in [6.45, 7) is 14.2. The van der Waals surface area contributed by atoms with Gasteiger partial charge in [0.2, 0.25) is 10.0 Å². The average molecular weight is 1340 g/mol. The summed E-state index contributed by atoms with van der Waals surface area (Å²) in [5.74, 6) is -1.22. The van der Waals surface area contributed by atoms with Crippen LogP contribution < -0.4 is 25.6 Å². The standard InChI is InChI=1S/C67H93F3N6O17S/c1-5-76(6-2)59-17-20-62(61(49-59)63-48-56(21-23-71-63)64(77)72-50-53-11-8-14-57(47-53)67(68,69)70)75-66(79)55-13-7-10-52(46-55)12-9-25-84-30-33-88-38-40-90-35-32-86-27-24-73-94(80,81)60-18-15-54(16-19-60)65(78)74-58(51-83-4)22-26-85-31-34-89-39-41-92-44-45-93-43-42-91-37-36-87-29-28-82-3/h7-8,10-11,13-21,23,46-49,58,73H,5-6,9,12,22,24-45,50-51H2,1-4H3,(H,72,77)(H,74,78)(H,75,79). The molecule has 5 rings (SSSR count). The highest BCUT2D eigenvalue weighted by molar-refractivity contribution is 7.89. The van der Waals surface area contributed by atoms with Crippen LogP contribution in [0.1, 0.15) is 74.5 Å². The van der Waals surface area contributed by atoms with Gasteiger partial charge >= 0.3 is 6.18 Å². The zero-order valence-electron chi connectivity index (χ0n) is 54.4. The van der Waals surface area contributed by atoms with Gasteiger partial charge < -0.3 is 77.7 Å². The second-order valence-corrected chi connectivity index (χ2v) is 22.7. The first-order valence-electron chi connectivity index (χ1n) is 31.5. The van der Waals surface area contributed by atoms with Gasteiger partial charge in [0.25, 0.3) is 17.7 Å². The van der Waals surface area contributed by atoms with E-state index < -0.39 is 27.7 Å². The smallest absolute Gasteiger partial charge is 0.383 e. The molecular formula is C67H93F3N6O17S. The van der Waals surface area contributed by atoms with Gasteiger partial charge in [0.05, 0.1) is 160 Å². The first-order chi connectivity index (χ1) is 45.6. The number of methoxy groups -OCH3 is 2. The number of carbonyl (C=O) groups is 3. The predicted octanol–water partition coefficient (Wildman–Crippen LogP) is 7.65. The zero-order chi connectivity index (χ0) is 67.5. The number of benzene rings is 4. The second-order valence-electron chi connectivity index (χ2n) is 20.9. The van der Waals surface area contributed by atoms with E-state index in [1.165, 1.54) is 55.8 Å². The summed E-state index contributed by atoms with van der Waals surface area (Å²) >= 11 is 0. The molecule has 0 saturated carbocycles. The quantitative estimate of drug-likeness (QED) is 0.0272. The Balaban J connectivity index is 0.878. The molecule has 23 nitrogen and oxygen atoms in total. The molecule has 1 aromatic heterocycles. The van der Waals surface area contributed by atoms with E-state index in [2.05, 4.69) is 30.6 Å². The van der Waals surface area contributed by atoms with Crippen LogP contribution in [0.4, 0.5) is 24.5 Å². The van der Waals surface area contributed by atoms with E-state index in [1.54, 1.807) is 25.3 Å². The number of aryl methyl sites for hydroxylation is 1. The number of sulfonamides is 1. The lowest BCUT2D eigenvalue weighted by Gasteiger charge is -2.23. The molecule has 1 unspecified atom stereocenters. The summed E-state index contributed by atoms with van der Waals surface area (Å²) in [5.41, 5.74) is 3.77. The summed E-state index contributed by atoms with van der Waals surface area (Å²) in [5, 5.41) is 8.65. The van der Waals surface area contributed by atoms with Gasteiger partial charge in [0.15, 0.2) is 0 Å². The van der Waals surface area contributed by atoms with E-state index in [4.69, 9.17) is 56.8 Å². The Morgan fingerprint density at radius 3 is 1.66 bits per heavy atom. The van der Waals surface area contributed by atoms with Crippen LogP contribution in [0.5, 0.6) is 0 Å². The summed E-state index contributed by atoms with van der Waals surface area (Å²) in [4.78, 5) is 46.8. The Bertz CT molecular complexity index is 3060. The lowest BCUT2D eigenvalue weighted by molar-refractivity contribution is -0.137. The van der Waals surface area contributed by atoms with Gasteiger partial charge in [-0.1, -0.05) is 24.3 Å². The molecule has 0 saturated heterocycles. The maximum absolute atomic E-state index is 13.8. The molecule has 3 amide bonds. The van der Waals surface area contributed by atoms with Crippen molar-refractivity contribution in [3.8, 4) is 11.3 Å². The monoisotopic (exact) mass is 1340 g/mol. The number of rotatable bonds is 52. The van der Waals surface area contributed by atoms with E-state index in [0.29, 0.717) is 166 Å². The second kappa shape index (κ2) is 45.8. The van der Waals surface area contributed by atoms with Crippen molar-refractivity contribution in [2.75, 3.05) is 189 Å². The van der Waals surface area contributed by atoms with Crippen LogP contribution in [0.2, 0.25) is 0 Å².